The van der Waals surface area contributed by atoms with Crippen molar-refractivity contribution in [3.63, 3.8) is 0 Å². The third-order valence-corrected chi connectivity index (χ3v) is 6.87. The molecule has 0 spiro atoms. The van der Waals surface area contributed by atoms with Crippen LogP contribution in [-0.4, -0.2) is 69.6 Å². The maximum atomic E-state index is 15.1. The number of benzene rings is 1. The number of halogens is 5. The monoisotopic (exact) mass is 500 g/mol. The Hall–Kier alpha value is -2.14. The molecule has 2 aromatic heterocycles. The molecule has 0 saturated carbocycles. The lowest BCUT2D eigenvalue weighted by Crippen LogP contribution is -2.54. The standard InChI is InChI=1S/C21H21Cl2F3N6O/c22-15-3-11-5-27-21(30-18-6-28-32(20(18)23)8-19(25)26)29-17(11)4-14(15)13-1-2-31(7-16(13)24)12-9-33-10-12/h3-6,12-13,16,19H,1-2,7-10H2,(H,27,29,30). The van der Waals surface area contributed by atoms with Crippen molar-refractivity contribution in [3.8, 4) is 0 Å². The van der Waals surface area contributed by atoms with Gasteiger partial charge >= 0.3 is 0 Å². The van der Waals surface area contributed by atoms with Gasteiger partial charge in [0.2, 0.25) is 5.95 Å². The van der Waals surface area contributed by atoms with Crippen LogP contribution in [0.15, 0.2) is 24.5 Å². The van der Waals surface area contributed by atoms with E-state index in [2.05, 4.69) is 25.3 Å². The number of rotatable bonds is 6. The number of hydrogen-bond acceptors (Lipinski definition) is 6. The largest absolute Gasteiger partial charge is 0.378 e. The van der Waals surface area contributed by atoms with Crippen molar-refractivity contribution in [2.24, 2.45) is 0 Å². The maximum absolute atomic E-state index is 15.1. The molecule has 12 heteroatoms. The van der Waals surface area contributed by atoms with Crippen molar-refractivity contribution < 1.29 is 17.9 Å². The van der Waals surface area contributed by atoms with Gasteiger partial charge < -0.3 is 10.1 Å². The number of piperidine rings is 1. The van der Waals surface area contributed by atoms with Crippen LogP contribution in [0.2, 0.25) is 10.2 Å². The molecule has 2 fully saturated rings. The first kappa shape index (κ1) is 22.6. The summed E-state index contributed by atoms with van der Waals surface area (Å²) in [6, 6.07) is 3.84. The Bertz CT molecular complexity index is 1160. The lowest BCUT2D eigenvalue weighted by Gasteiger charge is -2.43. The summed E-state index contributed by atoms with van der Waals surface area (Å²) in [6.07, 6.45) is -0.0564. The number of likely N-dealkylation sites (tertiary alicyclic amines) is 1. The highest BCUT2D eigenvalue weighted by Crippen LogP contribution is 2.37. The number of alkyl halides is 3. The fourth-order valence-electron chi connectivity index (χ4n) is 4.29. The summed E-state index contributed by atoms with van der Waals surface area (Å²) in [5.74, 6) is -0.113. The van der Waals surface area contributed by atoms with E-state index >= 15 is 4.39 Å². The fraction of sp³-hybridized carbons (Fsp3) is 0.476. The molecule has 176 valence electrons. The van der Waals surface area contributed by atoms with Crippen LogP contribution in [0, 0.1) is 0 Å². The third kappa shape index (κ3) is 4.62. The highest BCUT2D eigenvalue weighted by molar-refractivity contribution is 6.32. The van der Waals surface area contributed by atoms with E-state index in [9.17, 15) is 8.78 Å². The van der Waals surface area contributed by atoms with E-state index in [1.165, 1.54) is 6.20 Å². The average Bonchev–Trinajstić information content (AvgIpc) is 3.06. The van der Waals surface area contributed by atoms with Gasteiger partial charge in [0, 0.05) is 29.1 Å². The van der Waals surface area contributed by atoms with E-state index < -0.39 is 19.1 Å². The van der Waals surface area contributed by atoms with Gasteiger partial charge in [-0.2, -0.15) is 5.10 Å². The predicted molar refractivity (Wildman–Crippen MR) is 120 cm³/mol. The van der Waals surface area contributed by atoms with Crippen molar-refractivity contribution in [2.75, 3.05) is 31.6 Å². The minimum absolute atomic E-state index is 0.0275. The van der Waals surface area contributed by atoms with Crippen LogP contribution in [0.25, 0.3) is 10.9 Å². The third-order valence-electron chi connectivity index (χ3n) is 6.14. The Kier molecular flexibility index (Phi) is 6.34. The lowest BCUT2D eigenvalue weighted by atomic mass is 9.86. The number of anilines is 2. The summed E-state index contributed by atoms with van der Waals surface area (Å²) >= 11 is 12.6. The van der Waals surface area contributed by atoms with Crippen LogP contribution >= 0.6 is 23.2 Å². The maximum Gasteiger partial charge on any atom is 0.257 e. The highest BCUT2D eigenvalue weighted by atomic mass is 35.5. The van der Waals surface area contributed by atoms with Crippen molar-refractivity contribution in [2.45, 2.75) is 37.5 Å². The highest BCUT2D eigenvalue weighted by Gasteiger charge is 2.36. The minimum Gasteiger partial charge on any atom is -0.378 e. The van der Waals surface area contributed by atoms with Gasteiger partial charge in [-0.1, -0.05) is 23.2 Å². The Morgan fingerprint density at radius 1 is 1.21 bits per heavy atom. The second-order valence-electron chi connectivity index (χ2n) is 8.27. The van der Waals surface area contributed by atoms with Gasteiger partial charge in [-0.3, -0.25) is 4.90 Å². The second kappa shape index (κ2) is 9.25. The molecule has 2 aliphatic rings. The van der Waals surface area contributed by atoms with E-state index in [0.717, 1.165) is 11.2 Å². The van der Waals surface area contributed by atoms with E-state index in [4.69, 9.17) is 27.9 Å². The molecule has 4 heterocycles. The molecule has 2 unspecified atom stereocenters. The molecule has 0 radical (unpaired) electrons. The Labute approximate surface area is 197 Å². The summed E-state index contributed by atoms with van der Waals surface area (Å²) in [5, 5.41) is 7.97. The summed E-state index contributed by atoms with van der Waals surface area (Å²) < 4.78 is 46.6. The summed E-state index contributed by atoms with van der Waals surface area (Å²) in [5.41, 5.74) is 1.61. The molecule has 0 aliphatic carbocycles. The fourth-order valence-corrected chi connectivity index (χ4v) is 4.81. The van der Waals surface area contributed by atoms with Crippen LogP contribution in [0.1, 0.15) is 17.9 Å². The normalized spacial score (nSPS) is 22.1. The van der Waals surface area contributed by atoms with Gasteiger partial charge in [-0.25, -0.2) is 27.8 Å². The predicted octanol–water partition coefficient (Wildman–Crippen LogP) is 4.67. The van der Waals surface area contributed by atoms with Gasteiger partial charge in [-0.15, -0.1) is 0 Å². The van der Waals surface area contributed by atoms with Crippen molar-refractivity contribution >= 4 is 45.7 Å². The van der Waals surface area contributed by atoms with Crippen molar-refractivity contribution in [1.29, 1.82) is 0 Å². The average molecular weight is 501 g/mol. The van der Waals surface area contributed by atoms with Gasteiger partial charge in [-0.05, 0) is 30.7 Å². The summed E-state index contributed by atoms with van der Waals surface area (Å²) in [4.78, 5) is 10.9. The van der Waals surface area contributed by atoms with Crippen LogP contribution in [-0.2, 0) is 11.3 Å². The molecule has 5 rings (SSSR count). The van der Waals surface area contributed by atoms with Gasteiger partial charge in [0.1, 0.15) is 12.7 Å². The molecule has 33 heavy (non-hydrogen) atoms. The van der Waals surface area contributed by atoms with E-state index in [1.807, 2.05) is 0 Å². The molecule has 3 aromatic rings. The second-order valence-corrected chi connectivity index (χ2v) is 9.04. The number of hydrogen-bond donors (Lipinski definition) is 1. The number of nitrogens with one attached hydrogen (secondary N) is 1. The molecular weight excluding hydrogens is 480 g/mol. The number of nitrogens with zero attached hydrogens (tertiary/aromatic N) is 5. The van der Waals surface area contributed by atoms with Crippen LogP contribution in [0.4, 0.5) is 24.8 Å². The zero-order chi connectivity index (χ0) is 23.1. The number of aromatic nitrogens is 4. The first-order valence-corrected chi connectivity index (χ1v) is 11.3. The Morgan fingerprint density at radius 2 is 2.03 bits per heavy atom. The smallest absolute Gasteiger partial charge is 0.257 e. The number of ether oxygens (including phenoxy) is 1. The molecule has 7 nitrogen and oxygen atoms in total. The Morgan fingerprint density at radius 3 is 2.73 bits per heavy atom. The molecule has 2 aliphatic heterocycles. The Balaban J connectivity index is 1.37. The zero-order valence-electron chi connectivity index (χ0n) is 17.4. The van der Waals surface area contributed by atoms with E-state index in [-0.39, 0.29) is 17.0 Å². The molecular formula is C21H21Cl2F3N6O. The van der Waals surface area contributed by atoms with Crippen LogP contribution in [0.3, 0.4) is 0 Å². The van der Waals surface area contributed by atoms with E-state index in [1.54, 1.807) is 18.3 Å². The topological polar surface area (TPSA) is 68.1 Å². The van der Waals surface area contributed by atoms with E-state index in [0.29, 0.717) is 59.4 Å². The molecule has 0 bridgehead atoms. The van der Waals surface area contributed by atoms with Crippen LogP contribution < -0.4 is 5.32 Å². The first-order chi connectivity index (χ1) is 15.9. The van der Waals surface area contributed by atoms with Gasteiger partial charge in [0.25, 0.3) is 6.43 Å². The molecule has 0 amide bonds. The van der Waals surface area contributed by atoms with Crippen molar-refractivity contribution in [3.05, 3.63) is 40.3 Å². The quantitative estimate of drug-likeness (QED) is 0.530. The molecule has 1 aromatic carbocycles. The molecule has 2 atom stereocenters. The minimum atomic E-state index is -2.58. The van der Waals surface area contributed by atoms with Gasteiger partial charge in [0.15, 0.2) is 5.15 Å². The van der Waals surface area contributed by atoms with Crippen LogP contribution in [0.5, 0.6) is 0 Å². The molecule has 2 saturated heterocycles. The van der Waals surface area contributed by atoms with Gasteiger partial charge in [0.05, 0.1) is 36.7 Å². The SMILES string of the molecule is FC(F)Cn1ncc(Nc2ncc3cc(Cl)c(C4CCN(C5COC5)CC4F)cc3n2)c1Cl. The van der Waals surface area contributed by atoms with Crippen molar-refractivity contribution in [1.82, 2.24) is 24.6 Å². The summed E-state index contributed by atoms with van der Waals surface area (Å²) in [6.45, 7) is 1.84. The number of fused-ring (bicyclic) bond motifs is 1. The molecule has 1 N–H and O–H groups in total. The zero-order valence-corrected chi connectivity index (χ0v) is 18.9. The lowest BCUT2D eigenvalue weighted by molar-refractivity contribution is -0.0806. The first-order valence-electron chi connectivity index (χ1n) is 10.6. The summed E-state index contributed by atoms with van der Waals surface area (Å²) in [7, 11) is 0.